The third kappa shape index (κ3) is 4.41. The summed E-state index contributed by atoms with van der Waals surface area (Å²) in [4.78, 5) is 10.7. The summed E-state index contributed by atoms with van der Waals surface area (Å²) in [5.41, 5.74) is 6.28. The first-order valence-electron chi connectivity index (χ1n) is 5.47. The van der Waals surface area contributed by atoms with Gasteiger partial charge in [-0.05, 0) is 12.5 Å². The van der Waals surface area contributed by atoms with Crippen LogP contribution in [0.15, 0.2) is 18.2 Å². The van der Waals surface area contributed by atoms with E-state index < -0.39 is 0 Å². The van der Waals surface area contributed by atoms with Gasteiger partial charge in [-0.3, -0.25) is 4.79 Å². The van der Waals surface area contributed by atoms with Crippen LogP contribution in [0.4, 0.5) is 10.1 Å². The van der Waals surface area contributed by atoms with Crippen molar-refractivity contribution >= 4 is 28.6 Å². The van der Waals surface area contributed by atoms with E-state index in [0.717, 1.165) is 0 Å². The van der Waals surface area contributed by atoms with Crippen molar-refractivity contribution < 1.29 is 13.9 Å². The minimum atomic E-state index is -0.385. The topological polar surface area (TPSA) is 52.3 Å². The Morgan fingerprint density at radius 3 is 2.89 bits per heavy atom. The van der Waals surface area contributed by atoms with Crippen molar-refractivity contribution in [2.45, 2.75) is 13.3 Å². The van der Waals surface area contributed by atoms with E-state index in [1.165, 1.54) is 31.9 Å². The average Bonchev–Trinajstić information content (AvgIpc) is 2.30. The molecule has 0 radical (unpaired) electrons. The van der Waals surface area contributed by atoms with Crippen molar-refractivity contribution in [1.82, 2.24) is 0 Å². The molecule has 0 saturated carbocycles. The fraction of sp³-hybridized carbons (Fsp3) is 0.308. The molecule has 0 saturated heterocycles. The van der Waals surface area contributed by atoms with Crippen molar-refractivity contribution in [2.24, 2.45) is 0 Å². The Labute approximate surface area is 110 Å². The number of benzene rings is 1. The average molecular weight is 269 g/mol. The Balaban J connectivity index is 2.66. The van der Waals surface area contributed by atoms with Gasteiger partial charge in [0.15, 0.2) is 5.12 Å². The Morgan fingerprint density at radius 1 is 1.56 bits per heavy atom. The van der Waals surface area contributed by atoms with Gasteiger partial charge < -0.3 is 10.5 Å². The van der Waals surface area contributed by atoms with Gasteiger partial charge in [-0.15, -0.1) is 0 Å². The Bertz CT molecular complexity index is 461. The van der Waals surface area contributed by atoms with Gasteiger partial charge in [0.1, 0.15) is 11.6 Å². The van der Waals surface area contributed by atoms with Gasteiger partial charge in [0, 0.05) is 24.3 Å². The van der Waals surface area contributed by atoms with E-state index in [-0.39, 0.29) is 16.6 Å². The van der Waals surface area contributed by atoms with Crippen LogP contribution in [0.5, 0.6) is 5.75 Å². The van der Waals surface area contributed by atoms with Crippen LogP contribution in [0, 0.1) is 5.82 Å². The molecule has 0 fully saturated rings. The highest BCUT2D eigenvalue weighted by Gasteiger charge is 2.05. The highest BCUT2D eigenvalue weighted by molar-refractivity contribution is 8.13. The van der Waals surface area contributed by atoms with E-state index in [2.05, 4.69) is 0 Å². The number of nitrogens with two attached hydrogens (primary N) is 1. The maximum atomic E-state index is 13.6. The lowest BCUT2D eigenvalue weighted by Gasteiger charge is -2.06. The predicted molar refractivity (Wildman–Crippen MR) is 74.2 cm³/mol. The molecule has 2 N–H and O–H groups in total. The lowest BCUT2D eigenvalue weighted by molar-refractivity contribution is -0.109. The summed E-state index contributed by atoms with van der Waals surface area (Å²) in [5, 5.41) is 0.0868. The Hall–Kier alpha value is -1.49. The molecule has 0 unspecified atom stereocenters. The van der Waals surface area contributed by atoms with E-state index in [4.69, 9.17) is 10.5 Å². The van der Waals surface area contributed by atoms with Crippen LogP contribution in [0.1, 0.15) is 18.9 Å². The van der Waals surface area contributed by atoms with Gasteiger partial charge in [-0.2, -0.15) is 0 Å². The van der Waals surface area contributed by atoms with Crippen LogP contribution in [0.2, 0.25) is 0 Å². The van der Waals surface area contributed by atoms with Crippen molar-refractivity contribution in [3.05, 3.63) is 29.6 Å². The molecule has 3 nitrogen and oxygen atoms in total. The molecule has 0 amide bonds. The maximum Gasteiger partial charge on any atom is 0.185 e. The van der Waals surface area contributed by atoms with Crippen LogP contribution in [0.3, 0.4) is 0 Å². The highest BCUT2D eigenvalue weighted by Crippen LogP contribution is 2.25. The van der Waals surface area contributed by atoms with Gasteiger partial charge in [-0.1, -0.05) is 23.9 Å². The van der Waals surface area contributed by atoms with Gasteiger partial charge in [0.05, 0.1) is 12.8 Å². The largest absolute Gasteiger partial charge is 0.495 e. The zero-order chi connectivity index (χ0) is 13.5. The normalized spacial score (nSPS) is 10.8. The number of methoxy groups -OCH3 is 1. The zero-order valence-electron chi connectivity index (χ0n) is 10.4. The molecule has 0 bridgehead atoms. The predicted octanol–water partition coefficient (Wildman–Crippen LogP) is 3.10. The van der Waals surface area contributed by atoms with E-state index >= 15 is 0 Å². The first kappa shape index (κ1) is 14.6. The minimum Gasteiger partial charge on any atom is -0.495 e. The molecule has 0 aliphatic carbocycles. The molecule has 0 heterocycles. The van der Waals surface area contributed by atoms with Crippen LogP contribution < -0.4 is 10.5 Å². The maximum absolute atomic E-state index is 13.6. The van der Waals surface area contributed by atoms with Crippen molar-refractivity contribution in [3.8, 4) is 5.75 Å². The number of anilines is 1. The summed E-state index contributed by atoms with van der Waals surface area (Å²) in [6, 6.07) is 2.79. The number of ether oxygens (including phenoxy) is 1. The minimum absolute atomic E-state index is 0.0868. The second-order valence-electron chi connectivity index (χ2n) is 3.65. The van der Waals surface area contributed by atoms with Crippen LogP contribution >= 0.6 is 11.8 Å². The highest BCUT2D eigenvalue weighted by atomic mass is 32.2. The Morgan fingerprint density at radius 2 is 2.28 bits per heavy atom. The van der Waals surface area contributed by atoms with Gasteiger partial charge >= 0.3 is 0 Å². The molecular formula is C13H16FNO2S. The molecule has 1 rings (SSSR count). The Kier molecular flexibility index (Phi) is 5.71. The molecule has 5 heteroatoms. The van der Waals surface area contributed by atoms with Crippen molar-refractivity contribution in [2.75, 3.05) is 18.6 Å². The number of halogens is 1. The molecular weight excluding hydrogens is 253 g/mol. The summed E-state index contributed by atoms with van der Waals surface area (Å²) in [7, 11) is 1.49. The number of nitrogen functional groups attached to an aromatic ring is 1. The van der Waals surface area contributed by atoms with Crippen LogP contribution in [-0.2, 0) is 4.79 Å². The summed E-state index contributed by atoms with van der Waals surface area (Å²) in [6.45, 7) is 1.53. The first-order chi connectivity index (χ1) is 8.54. The van der Waals surface area contributed by atoms with Gasteiger partial charge in [0.25, 0.3) is 0 Å². The fourth-order valence-electron chi connectivity index (χ4n) is 1.37. The molecule has 0 aliphatic rings. The number of allylic oxidation sites excluding steroid dienone is 1. The molecule has 0 atom stereocenters. The fourth-order valence-corrected chi connectivity index (χ4v) is 1.91. The van der Waals surface area contributed by atoms with Crippen LogP contribution in [-0.4, -0.2) is 18.0 Å². The van der Waals surface area contributed by atoms with E-state index in [1.807, 2.05) is 6.08 Å². The lowest BCUT2D eigenvalue weighted by atomic mass is 10.1. The monoisotopic (exact) mass is 269 g/mol. The smallest absolute Gasteiger partial charge is 0.185 e. The van der Waals surface area contributed by atoms with Crippen molar-refractivity contribution in [1.29, 1.82) is 0 Å². The molecule has 1 aromatic rings. The summed E-state index contributed by atoms with van der Waals surface area (Å²) in [5.74, 6) is 0.762. The third-order valence-electron chi connectivity index (χ3n) is 2.24. The van der Waals surface area contributed by atoms with E-state index in [0.29, 0.717) is 23.5 Å². The number of thioether (sulfide) groups is 1. The number of hydrogen-bond donors (Lipinski definition) is 1. The number of rotatable bonds is 5. The van der Waals surface area contributed by atoms with Crippen molar-refractivity contribution in [3.63, 3.8) is 0 Å². The molecule has 98 valence electrons. The molecule has 0 aliphatic heterocycles. The number of carbonyl (C=O) groups is 1. The van der Waals surface area contributed by atoms with Gasteiger partial charge in [-0.25, -0.2) is 4.39 Å². The third-order valence-corrected chi connectivity index (χ3v) is 3.08. The quantitative estimate of drug-likeness (QED) is 0.659. The first-order valence-corrected chi connectivity index (χ1v) is 6.46. The van der Waals surface area contributed by atoms with Crippen LogP contribution in [0.25, 0.3) is 6.08 Å². The second kappa shape index (κ2) is 7.06. The lowest BCUT2D eigenvalue weighted by Crippen LogP contribution is -1.95. The molecule has 1 aromatic carbocycles. The molecule has 0 spiro atoms. The van der Waals surface area contributed by atoms with E-state index in [1.54, 1.807) is 12.1 Å². The summed E-state index contributed by atoms with van der Waals surface area (Å²) in [6.07, 6.45) is 4.19. The second-order valence-corrected chi connectivity index (χ2v) is 4.92. The standard InChI is InChI=1S/C13H16FNO2S/c1-9(16)18-6-4-3-5-10-7-13(17-2)12(15)8-11(10)14/h3,5,7-8H,4,6,15H2,1-2H3. The van der Waals surface area contributed by atoms with Gasteiger partial charge in [0.2, 0.25) is 0 Å². The molecule has 0 aromatic heterocycles. The number of hydrogen-bond acceptors (Lipinski definition) is 4. The summed E-state index contributed by atoms with van der Waals surface area (Å²) >= 11 is 1.25. The zero-order valence-corrected chi connectivity index (χ0v) is 11.2. The summed E-state index contributed by atoms with van der Waals surface area (Å²) < 4.78 is 18.6. The number of carbonyl (C=O) groups excluding carboxylic acids is 1. The van der Waals surface area contributed by atoms with E-state index in [9.17, 15) is 9.18 Å². The molecule has 18 heavy (non-hydrogen) atoms. The SMILES string of the molecule is COc1cc(C=CCCSC(C)=O)c(F)cc1N.